The Balaban J connectivity index is 2.01. The molecule has 21 heavy (non-hydrogen) atoms. The third-order valence-corrected chi connectivity index (χ3v) is 4.55. The number of nitrogens with zero attached hydrogens (tertiary/aromatic N) is 2. The van der Waals surface area contributed by atoms with Crippen LogP contribution < -0.4 is 4.90 Å². The van der Waals surface area contributed by atoms with Crippen LogP contribution in [-0.4, -0.2) is 48.8 Å². The first-order valence-corrected chi connectivity index (χ1v) is 7.61. The summed E-state index contributed by atoms with van der Waals surface area (Å²) in [4.78, 5) is 4.39. The fraction of sp³-hybridized carbons (Fsp3) is 0.556. The van der Waals surface area contributed by atoms with Crippen LogP contribution in [0.4, 0.5) is 5.69 Å². The number of anilines is 1. The van der Waals surface area contributed by atoms with Crippen molar-refractivity contribution in [2.24, 2.45) is 5.92 Å². The second-order valence-corrected chi connectivity index (χ2v) is 6.31. The number of aliphatic hydroxyl groups is 1. The zero-order valence-electron chi connectivity index (χ0n) is 13.5. The molecule has 1 aliphatic rings. The number of benzene rings is 1. The summed E-state index contributed by atoms with van der Waals surface area (Å²) >= 11 is 0. The zero-order chi connectivity index (χ0) is 15.5. The molecule has 2 rings (SSSR count). The van der Waals surface area contributed by atoms with E-state index in [0.717, 1.165) is 12.2 Å². The normalized spacial score (nSPS) is 29.6. The fourth-order valence-corrected chi connectivity index (χ4v) is 2.83. The lowest BCUT2D eigenvalue weighted by atomic mass is 9.79. The van der Waals surface area contributed by atoms with Gasteiger partial charge in [-0.05, 0) is 26.1 Å². The van der Waals surface area contributed by atoms with E-state index in [-0.39, 0.29) is 5.92 Å². The summed E-state index contributed by atoms with van der Waals surface area (Å²) in [5.74, 6) is 6.48. The van der Waals surface area contributed by atoms with Gasteiger partial charge < -0.3 is 14.9 Å². The van der Waals surface area contributed by atoms with E-state index in [9.17, 15) is 5.11 Å². The minimum atomic E-state index is -0.858. The third kappa shape index (κ3) is 3.78. The molecule has 0 radical (unpaired) electrons. The van der Waals surface area contributed by atoms with Gasteiger partial charge in [0.1, 0.15) is 5.60 Å². The second kappa shape index (κ2) is 6.51. The Kier molecular flexibility index (Phi) is 4.92. The Morgan fingerprint density at radius 1 is 1.33 bits per heavy atom. The Morgan fingerprint density at radius 3 is 2.67 bits per heavy atom. The Hall–Kier alpha value is -1.50. The highest BCUT2D eigenvalue weighted by Gasteiger charge is 2.39. The minimum Gasteiger partial charge on any atom is -0.377 e. The lowest BCUT2D eigenvalue weighted by Gasteiger charge is -2.42. The smallest absolute Gasteiger partial charge is 0.130 e. The molecule has 1 aromatic carbocycles. The highest BCUT2D eigenvalue weighted by atomic mass is 16.3. The molecule has 0 saturated carbocycles. The van der Waals surface area contributed by atoms with E-state index in [0.29, 0.717) is 19.0 Å². The van der Waals surface area contributed by atoms with Crippen molar-refractivity contribution in [1.29, 1.82) is 0 Å². The van der Waals surface area contributed by atoms with Gasteiger partial charge in [0.2, 0.25) is 0 Å². The largest absolute Gasteiger partial charge is 0.377 e. The topological polar surface area (TPSA) is 26.7 Å². The van der Waals surface area contributed by atoms with Crippen molar-refractivity contribution in [1.82, 2.24) is 4.90 Å². The van der Waals surface area contributed by atoms with Crippen LogP contribution >= 0.6 is 0 Å². The van der Waals surface area contributed by atoms with Crippen LogP contribution in [-0.2, 0) is 0 Å². The maximum atomic E-state index is 10.8. The van der Waals surface area contributed by atoms with Crippen molar-refractivity contribution < 1.29 is 5.11 Å². The van der Waals surface area contributed by atoms with Crippen molar-refractivity contribution in [2.45, 2.75) is 31.9 Å². The molecule has 0 aromatic heterocycles. The molecule has 114 valence electrons. The molecule has 3 atom stereocenters. The number of hydrogen-bond acceptors (Lipinski definition) is 3. The van der Waals surface area contributed by atoms with E-state index in [1.165, 1.54) is 0 Å². The summed E-state index contributed by atoms with van der Waals surface area (Å²) in [5, 5.41) is 10.8. The van der Waals surface area contributed by atoms with Crippen molar-refractivity contribution in [2.75, 3.05) is 32.1 Å². The van der Waals surface area contributed by atoms with Crippen molar-refractivity contribution in [3.63, 3.8) is 0 Å². The minimum absolute atomic E-state index is 0.174. The molecule has 1 aromatic rings. The highest BCUT2D eigenvalue weighted by Crippen LogP contribution is 2.30. The lowest BCUT2D eigenvalue weighted by molar-refractivity contribution is -0.0347. The number of likely N-dealkylation sites (tertiary alicyclic amines) is 1. The average Bonchev–Trinajstić information content (AvgIpc) is 2.46. The zero-order valence-corrected chi connectivity index (χ0v) is 13.5. The van der Waals surface area contributed by atoms with Gasteiger partial charge in [0.25, 0.3) is 0 Å². The van der Waals surface area contributed by atoms with Crippen LogP contribution in [0.1, 0.15) is 20.3 Å². The SMILES string of the molecule is C[C@H]1C[C@](O)(C#CCN(C)c2ccccc2)[C@@H](C)CN1C. The van der Waals surface area contributed by atoms with E-state index in [1.807, 2.05) is 25.2 Å². The van der Waals surface area contributed by atoms with Gasteiger partial charge in [-0.2, -0.15) is 0 Å². The molecule has 0 amide bonds. The molecular formula is C18H26N2O. The molecule has 3 nitrogen and oxygen atoms in total. The summed E-state index contributed by atoms with van der Waals surface area (Å²) in [6, 6.07) is 10.6. The van der Waals surface area contributed by atoms with Gasteiger partial charge in [-0.3, -0.25) is 0 Å². The standard InChI is InChI=1S/C18H26N2O/c1-15-14-20(4)16(2)13-18(15,21)11-8-12-19(3)17-9-6-5-7-10-17/h5-7,9-10,15-16,21H,12-14H2,1-4H3/t15-,16-,18+/m0/s1. The van der Waals surface area contributed by atoms with E-state index in [2.05, 4.69) is 54.7 Å². The maximum absolute atomic E-state index is 10.8. The van der Waals surface area contributed by atoms with Crippen LogP contribution in [0.25, 0.3) is 0 Å². The summed E-state index contributed by atoms with van der Waals surface area (Å²) in [6.07, 6.45) is 0.715. The Morgan fingerprint density at radius 2 is 2.00 bits per heavy atom. The molecule has 1 heterocycles. The van der Waals surface area contributed by atoms with Crippen molar-refractivity contribution in [3.8, 4) is 11.8 Å². The first-order chi connectivity index (χ1) is 9.92. The quantitative estimate of drug-likeness (QED) is 0.845. The van der Waals surface area contributed by atoms with E-state index >= 15 is 0 Å². The first kappa shape index (κ1) is 15.9. The average molecular weight is 286 g/mol. The lowest BCUT2D eigenvalue weighted by Crippen LogP contribution is -2.52. The van der Waals surface area contributed by atoms with Gasteiger partial charge in [-0.15, -0.1) is 0 Å². The van der Waals surface area contributed by atoms with Crippen LogP contribution in [0.2, 0.25) is 0 Å². The monoisotopic (exact) mass is 286 g/mol. The van der Waals surface area contributed by atoms with E-state index in [1.54, 1.807) is 0 Å². The van der Waals surface area contributed by atoms with Crippen molar-refractivity contribution >= 4 is 5.69 Å². The first-order valence-electron chi connectivity index (χ1n) is 7.61. The van der Waals surface area contributed by atoms with Gasteiger partial charge >= 0.3 is 0 Å². The van der Waals surface area contributed by atoms with Crippen LogP contribution in [0, 0.1) is 17.8 Å². The van der Waals surface area contributed by atoms with Gasteiger partial charge in [-0.25, -0.2) is 0 Å². The number of rotatable bonds is 2. The van der Waals surface area contributed by atoms with Crippen LogP contribution in [0.5, 0.6) is 0 Å². The molecule has 3 heteroatoms. The van der Waals surface area contributed by atoms with Crippen LogP contribution in [0.15, 0.2) is 30.3 Å². The van der Waals surface area contributed by atoms with Crippen LogP contribution in [0.3, 0.4) is 0 Å². The van der Waals surface area contributed by atoms with Gasteiger partial charge in [0.15, 0.2) is 0 Å². The summed E-state index contributed by atoms with van der Waals surface area (Å²) < 4.78 is 0. The molecule has 1 aliphatic heterocycles. The number of hydrogen-bond donors (Lipinski definition) is 1. The molecule has 1 saturated heterocycles. The number of para-hydroxylation sites is 1. The molecular weight excluding hydrogens is 260 g/mol. The van der Waals surface area contributed by atoms with E-state index in [4.69, 9.17) is 0 Å². The van der Waals surface area contributed by atoms with Crippen molar-refractivity contribution in [3.05, 3.63) is 30.3 Å². The summed E-state index contributed by atoms with van der Waals surface area (Å²) in [5.41, 5.74) is 0.285. The second-order valence-electron chi connectivity index (χ2n) is 6.31. The van der Waals surface area contributed by atoms with Gasteiger partial charge in [0, 0.05) is 37.7 Å². The molecule has 1 N–H and O–H groups in total. The maximum Gasteiger partial charge on any atom is 0.130 e. The molecule has 0 unspecified atom stereocenters. The fourth-order valence-electron chi connectivity index (χ4n) is 2.83. The van der Waals surface area contributed by atoms with Gasteiger partial charge in [-0.1, -0.05) is 37.0 Å². The molecule has 0 aliphatic carbocycles. The Labute approximate surface area is 128 Å². The molecule has 0 bridgehead atoms. The Bertz CT molecular complexity index is 519. The predicted molar refractivity (Wildman–Crippen MR) is 88.3 cm³/mol. The molecule has 1 fully saturated rings. The van der Waals surface area contributed by atoms with Gasteiger partial charge in [0.05, 0.1) is 6.54 Å². The molecule has 0 spiro atoms. The highest BCUT2D eigenvalue weighted by molar-refractivity contribution is 5.46. The predicted octanol–water partition coefficient (Wildman–Crippen LogP) is 2.22. The third-order valence-electron chi connectivity index (χ3n) is 4.55. The number of piperidine rings is 1. The summed E-state index contributed by atoms with van der Waals surface area (Å²) in [6.45, 7) is 5.75. The van der Waals surface area contributed by atoms with E-state index < -0.39 is 5.60 Å². The summed E-state index contributed by atoms with van der Waals surface area (Å²) in [7, 11) is 4.13.